The van der Waals surface area contributed by atoms with Gasteiger partial charge in [-0.15, -0.1) is 5.10 Å². The quantitative estimate of drug-likeness (QED) is 0.343. The van der Waals surface area contributed by atoms with Crippen molar-refractivity contribution in [3.8, 4) is 5.88 Å². The van der Waals surface area contributed by atoms with Crippen molar-refractivity contribution in [1.29, 1.82) is 0 Å². The predicted octanol–water partition coefficient (Wildman–Crippen LogP) is 0.913. The third-order valence-corrected chi connectivity index (χ3v) is 4.85. The number of rotatable bonds is 7. The van der Waals surface area contributed by atoms with Gasteiger partial charge < -0.3 is 14.6 Å². The molecular weight excluding hydrogens is 306 g/mol. The molecule has 0 aliphatic heterocycles. The third kappa shape index (κ3) is 2.10. The Labute approximate surface area is 132 Å². The van der Waals surface area contributed by atoms with Crippen molar-refractivity contribution in [1.82, 2.24) is 9.78 Å². The van der Waals surface area contributed by atoms with Gasteiger partial charge in [0.25, 0.3) is 0 Å². The third-order valence-electron chi connectivity index (χ3n) is 4.85. The van der Waals surface area contributed by atoms with E-state index in [1.165, 1.54) is 7.11 Å². The van der Waals surface area contributed by atoms with Crippen LogP contribution in [0.15, 0.2) is 0 Å². The minimum absolute atomic E-state index is 0.0298. The maximum absolute atomic E-state index is 11.8. The summed E-state index contributed by atoms with van der Waals surface area (Å²) in [5, 5.41) is 24.4. The molecule has 9 heteroatoms. The van der Waals surface area contributed by atoms with E-state index in [1.807, 2.05) is 0 Å². The van der Waals surface area contributed by atoms with Gasteiger partial charge in [-0.2, -0.15) is 0 Å². The molecule has 1 N–H and O–H groups in total. The molecule has 1 heterocycles. The summed E-state index contributed by atoms with van der Waals surface area (Å²) in [6, 6.07) is 0. The van der Waals surface area contributed by atoms with Gasteiger partial charge >= 0.3 is 17.5 Å². The van der Waals surface area contributed by atoms with Crippen LogP contribution in [0.4, 0.5) is 5.69 Å². The fourth-order valence-corrected chi connectivity index (χ4v) is 3.86. The summed E-state index contributed by atoms with van der Waals surface area (Å²) in [6.45, 7) is 1.74. The van der Waals surface area contributed by atoms with Crippen molar-refractivity contribution in [3.63, 3.8) is 0 Å². The minimum Gasteiger partial charge on any atom is -0.472 e. The molecule has 0 spiro atoms. The molecular formula is C14H19N3O6. The smallest absolute Gasteiger partial charge is 0.352 e. The van der Waals surface area contributed by atoms with Crippen LogP contribution >= 0.6 is 0 Å². The number of nitrogens with zero attached hydrogens (tertiary/aromatic N) is 3. The lowest BCUT2D eigenvalue weighted by atomic mass is 9.39. The Morgan fingerprint density at radius 1 is 1.48 bits per heavy atom. The summed E-state index contributed by atoms with van der Waals surface area (Å²) in [5.41, 5.74) is -0.520. The van der Waals surface area contributed by atoms with Crippen LogP contribution in [-0.2, 0) is 15.1 Å². The maximum atomic E-state index is 11.8. The van der Waals surface area contributed by atoms with Gasteiger partial charge in [-0.3, -0.25) is 19.6 Å². The monoisotopic (exact) mass is 325 g/mol. The fourth-order valence-electron chi connectivity index (χ4n) is 3.86. The molecule has 23 heavy (non-hydrogen) atoms. The van der Waals surface area contributed by atoms with Crippen LogP contribution in [0.5, 0.6) is 5.88 Å². The van der Waals surface area contributed by atoms with E-state index in [0.29, 0.717) is 31.4 Å². The molecule has 3 aliphatic rings. The lowest BCUT2D eigenvalue weighted by Crippen LogP contribution is -2.71. The number of methoxy groups -OCH3 is 1. The fraction of sp³-hybridized carbons (Fsp3) is 0.714. The number of aromatic nitrogens is 2. The van der Waals surface area contributed by atoms with Crippen molar-refractivity contribution >= 4 is 11.7 Å². The molecule has 0 radical (unpaired) electrons. The molecule has 9 nitrogen and oxygen atoms in total. The first-order valence-electron chi connectivity index (χ1n) is 7.46. The van der Waals surface area contributed by atoms with E-state index in [2.05, 4.69) is 5.10 Å². The number of aliphatic hydroxyl groups excluding tert-OH is 1. The van der Waals surface area contributed by atoms with Gasteiger partial charge in [0.15, 0.2) is 0 Å². The highest BCUT2D eigenvalue weighted by Gasteiger charge is 2.74. The average Bonchev–Trinajstić information content (AvgIpc) is 2.73. The molecule has 1 aromatic heterocycles. The standard InChI is InChI=1S/C14H19N3O6/c1-9-10(17(20)21)11(23-5-3-4-18)15-16(9)14-6-13(7-14,8-14)12(19)22-2/h18H,3-8H2,1-2H3. The number of nitro groups is 1. The number of carbonyl (C=O) groups excluding carboxylic acids is 1. The molecule has 0 atom stereocenters. The summed E-state index contributed by atoms with van der Waals surface area (Å²) >= 11 is 0. The Morgan fingerprint density at radius 3 is 2.65 bits per heavy atom. The maximum Gasteiger partial charge on any atom is 0.352 e. The first-order chi connectivity index (χ1) is 10.9. The largest absolute Gasteiger partial charge is 0.472 e. The number of hydrogen-bond donors (Lipinski definition) is 1. The van der Waals surface area contributed by atoms with Gasteiger partial charge in [0.2, 0.25) is 0 Å². The second-order valence-corrected chi connectivity index (χ2v) is 6.36. The van der Waals surface area contributed by atoms with Crippen LogP contribution in [0, 0.1) is 22.5 Å². The van der Waals surface area contributed by atoms with Gasteiger partial charge in [0.05, 0.1) is 29.6 Å². The number of aliphatic hydroxyl groups is 1. The Kier molecular flexibility index (Phi) is 3.55. The van der Waals surface area contributed by atoms with Gasteiger partial charge in [-0.1, -0.05) is 0 Å². The van der Waals surface area contributed by atoms with E-state index in [9.17, 15) is 14.9 Å². The molecule has 3 saturated carbocycles. The predicted molar refractivity (Wildman–Crippen MR) is 77.1 cm³/mol. The zero-order valence-electron chi connectivity index (χ0n) is 13.1. The Hall–Kier alpha value is -2.16. The molecule has 0 saturated heterocycles. The molecule has 0 amide bonds. The number of ether oxygens (including phenoxy) is 2. The lowest BCUT2D eigenvalue weighted by molar-refractivity contribution is -0.386. The van der Waals surface area contributed by atoms with Crippen LogP contribution in [0.25, 0.3) is 0 Å². The minimum atomic E-state index is -0.505. The summed E-state index contributed by atoms with van der Waals surface area (Å²) in [4.78, 5) is 22.6. The highest BCUT2D eigenvalue weighted by atomic mass is 16.6. The van der Waals surface area contributed by atoms with E-state index in [-0.39, 0.29) is 36.3 Å². The highest BCUT2D eigenvalue weighted by molar-refractivity contribution is 5.81. The normalized spacial score (nSPS) is 27.8. The van der Waals surface area contributed by atoms with Crippen molar-refractivity contribution in [2.24, 2.45) is 5.41 Å². The summed E-state index contributed by atoms with van der Waals surface area (Å²) in [5.74, 6) is -0.254. The van der Waals surface area contributed by atoms with Crippen molar-refractivity contribution in [3.05, 3.63) is 15.8 Å². The van der Waals surface area contributed by atoms with Gasteiger partial charge in [-0.05, 0) is 26.2 Å². The zero-order chi connectivity index (χ0) is 16.8. The summed E-state index contributed by atoms with van der Waals surface area (Å²) in [7, 11) is 1.37. The van der Waals surface area contributed by atoms with Crippen LogP contribution in [0.2, 0.25) is 0 Å². The molecule has 4 rings (SSSR count). The van der Waals surface area contributed by atoms with E-state index >= 15 is 0 Å². The second-order valence-electron chi connectivity index (χ2n) is 6.36. The van der Waals surface area contributed by atoms with Crippen molar-refractivity contribution in [2.45, 2.75) is 38.1 Å². The van der Waals surface area contributed by atoms with Crippen LogP contribution in [0.3, 0.4) is 0 Å². The molecule has 126 valence electrons. The molecule has 3 fully saturated rings. The molecule has 3 aliphatic carbocycles. The summed E-state index contributed by atoms with van der Waals surface area (Å²) < 4.78 is 11.8. The van der Waals surface area contributed by atoms with Crippen LogP contribution in [-0.4, -0.2) is 46.1 Å². The van der Waals surface area contributed by atoms with E-state index in [4.69, 9.17) is 14.6 Å². The van der Waals surface area contributed by atoms with Gasteiger partial charge in [-0.25, -0.2) is 0 Å². The molecule has 0 unspecified atom stereocenters. The Balaban J connectivity index is 1.84. The Morgan fingerprint density at radius 2 is 2.13 bits per heavy atom. The van der Waals surface area contributed by atoms with E-state index in [0.717, 1.165) is 0 Å². The first kappa shape index (κ1) is 15.7. The van der Waals surface area contributed by atoms with Gasteiger partial charge in [0.1, 0.15) is 5.69 Å². The Bertz CT molecular complexity index is 648. The average molecular weight is 325 g/mol. The topological polar surface area (TPSA) is 117 Å². The van der Waals surface area contributed by atoms with E-state index < -0.39 is 10.3 Å². The van der Waals surface area contributed by atoms with Crippen LogP contribution in [0.1, 0.15) is 31.4 Å². The highest BCUT2D eigenvalue weighted by Crippen LogP contribution is 2.72. The summed E-state index contributed by atoms with van der Waals surface area (Å²) in [6.07, 6.45) is 2.13. The van der Waals surface area contributed by atoms with Crippen LogP contribution < -0.4 is 4.74 Å². The van der Waals surface area contributed by atoms with Gasteiger partial charge in [0, 0.05) is 13.0 Å². The number of carbonyl (C=O) groups is 1. The molecule has 1 aromatic rings. The zero-order valence-corrected chi connectivity index (χ0v) is 13.1. The lowest BCUT2D eigenvalue weighted by Gasteiger charge is -2.67. The SMILES string of the molecule is COC(=O)C12CC(n3nc(OCCCO)c([N+](=O)[O-])c3C)(C1)C2. The number of esters is 1. The van der Waals surface area contributed by atoms with Crippen molar-refractivity contribution in [2.75, 3.05) is 20.3 Å². The number of hydrogen-bond acceptors (Lipinski definition) is 7. The van der Waals surface area contributed by atoms with Crippen molar-refractivity contribution < 1.29 is 24.3 Å². The molecule has 2 bridgehead atoms. The molecule has 0 aromatic carbocycles. The second kappa shape index (κ2) is 5.19. The first-order valence-corrected chi connectivity index (χ1v) is 7.46. The van der Waals surface area contributed by atoms with E-state index in [1.54, 1.807) is 11.6 Å².